The summed E-state index contributed by atoms with van der Waals surface area (Å²) in [7, 11) is 0. The van der Waals surface area contributed by atoms with Crippen LogP contribution in [0.1, 0.15) is 58.3 Å². The van der Waals surface area contributed by atoms with E-state index in [9.17, 15) is 9.59 Å². The lowest BCUT2D eigenvalue weighted by Crippen LogP contribution is -2.37. The molecule has 1 fully saturated rings. The molecule has 0 radical (unpaired) electrons. The molecule has 0 bridgehead atoms. The first-order valence-electron chi connectivity index (χ1n) is 11.0. The molecule has 32 heavy (non-hydrogen) atoms. The normalized spacial score (nSPS) is 18.0. The molecule has 2 aromatic heterocycles. The molecule has 5 rings (SSSR count). The number of fused-ring (bicyclic) bond motifs is 1. The Morgan fingerprint density at radius 2 is 1.94 bits per heavy atom. The van der Waals surface area contributed by atoms with Gasteiger partial charge in [0.15, 0.2) is 5.82 Å². The van der Waals surface area contributed by atoms with Crippen molar-refractivity contribution in [2.24, 2.45) is 0 Å². The first-order valence-corrected chi connectivity index (χ1v) is 11.0. The van der Waals surface area contributed by atoms with Crippen molar-refractivity contribution in [2.75, 3.05) is 11.4 Å². The van der Waals surface area contributed by atoms with Gasteiger partial charge in [-0.15, -0.1) is 0 Å². The Labute approximate surface area is 187 Å². The lowest BCUT2D eigenvalue weighted by Gasteiger charge is -2.31. The zero-order chi connectivity index (χ0) is 22.1. The van der Waals surface area contributed by atoms with E-state index < -0.39 is 0 Å². The second-order valence-electron chi connectivity index (χ2n) is 8.33. The number of carbonyl (C=O) groups excluding carboxylic acids is 2. The highest BCUT2D eigenvalue weighted by Gasteiger charge is 2.35. The maximum absolute atomic E-state index is 13.1. The molecule has 0 spiro atoms. The van der Waals surface area contributed by atoms with Gasteiger partial charge in [0.2, 0.25) is 5.91 Å². The van der Waals surface area contributed by atoms with Crippen molar-refractivity contribution in [3.63, 3.8) is 0 Å². The number of amides is 2. The maximum atomic E-state index is 13.1. The molecular weight excluding hydrogens is 402 g/mol. The third kappa shape index (κ3) is 3.75. The fourth-order valence-electron chi connectivity index (χ4n) is 4.61. The van der Waals surface area contributed by atoms with Gasteiger partial charge in [0.05, 0.1) is 18.2 Å². The van der Waals surface area contributed by atoms with Crippen molar-refractivity contribution in [3.8, 4) is 0 Å². The zero-order valence-corrected chi connectivity index (χ0v) is 18.1. The predicted molar refractivity (Wildman–Crippen MR) is 120 cm³/mol. The molecular formula is C25H25N5O2. The van der Waals surface area contributed by atoms with Crippen molar-refractivity contribution < 1.29 is 9.59 Å². The van der Waals surface area contributed by atoms with Gasteiger partial charge in [-0.1, -0.05) is 30.3 Å². The molecule has 7 nitrogen and oxygen atoms in total. The number of aryl methyl sites for hydroxylation is 1. The summed E-state index contributed by atoms with van der Waals surface area (Å²) in [6.45, 7) is 3.11. The molecule has 162 valence electrons. The van der Waals surface area contributed by atoms with Gasteiger partial charge in [-0.2, -0.15) is 0 Å². The minimum atomic E-state index is -0.206. The lowest BCUT2D eigenvalue weighted by atomic mass is 10.0. The van der Waals surface area contributed by atoms with Gasteiger partial charge in [0, 0.05) is 36.6 Å². The Balaban J connectivity index is 1.50. The summed E-state index contributed by atoms with van der Waals surface area (Å²) in [5, 5.41) is 0. The molecule has 4 heterocycles. The van der Waals surface area contributed by atoms with Gasteiger partial charge < -0.3 is 4.90 Å². The van der Waals surface area contributed by atoms with E-state index in [1.165, 1.54) is 0 Å². The van der Waals surface area contributed by atoms with E-state index in [2.05, 4.69) is 4.98 Å². The van der Waals surface area contributed by atoms with E-state index >= 15 is 0 Å². The molecule has 7 heteroatoms. The average molecular weight is 428 g/mol. The molecule has 2 amide bonds. The second kappa shape index (κ2) is 8.49. The predicted octanol–water partition coefficient (Wildman–Crippen LogP) is 3.64. The number of anilines is 1. The summed E-state index contributed by atoms with van der Waals surface area (Å²) < 4.78 is 0. The number of carbonyl (C=O) groups is 2. The van der Waals surface area contributed by atoms with E-state index in [0.717, 1.165) is 29.7 Å². The molecule has 1 aromatic carbocycles. The number of benzene rings is 1. The third-order valence-corrected chi connectivity index (χ3v) is 6.26. The van der Waals surface area contributed by atoms with Crippen LogP contribution >= 0.6 is 0 Å². The number of likely N-dealkylation sites (tertiary alicyclic amines) is 1. The number of hydrogen-bond donors (Lipinski definition) is 0. The van der Waals surface area contributed by atoms with Gasteiger partial charge in [-0.3, -0.25) is 19.5 Å². The van der Waals surface area contributed by atoms with Gasteiger partial charge in [0.25, 0.3) is 5.91 Å². The summed E-state index contributed by atoms with van der Waals surface area (Å²) in [6.07, 6.45) is 6.05. The Bertz CT molecular complexity index is 1150. The molecule has 1 saturated heterocycles. The maximum Gasteiger partial charge on any atom is 0.256 e. The van der Waals surface area contributed by atoms with Crippen LogP contribution in [-0.4, -0.2) is 38.2 Å². The molecule has 1 atom stereocenters. The molecule has 3 aromatic rings. The van der Waals surface area contributed by atoms with Crippen molar-refractivity contribution in [1.29, 1.82) is 0 Å². The number of aromatic nitrogens is 3. The summed E-state index contributed by atoms with van der Waals surface area (Å²) in [5.41, 5.74) is 3.53. The van der Waals surface area contributed by atoms with Crippen LogP contribution in [-0.2, 0) is 17.8 Å². The van der Waals surface area contributed by atoms with E-state index in [1.54, 1.807) is 29.4 Å². The van der Waals surface area contributed by atoms with E-state index in [-0.39, 0.29) is 17.9 Å². The fraction of sp³-hybridized carbons (Fsp3) is 0.320. The molecule has 0 aliphatic carbocycles. The number of pyridine rings is 1. The largest absolute Gasteiger partial charge is 0.328 e. The Morgan fingerprint density at radius 3 is 2.72 bits per heavy atom. The van der Waals surface area contributed by atoms with Gasteiger partial charge >= 0.3 is 0 Å². The number of nitrogens with zero attached hydrogens (tertiary/aromatic N) is 5. The zero-order valence-electron chi connectivity index (χ0n) is 18.1. The lowest BCUT2D eigenvalue weighted by molar-refractivity contribution is -0.119. The highest BCUT2D eigenvalue weighted by Crippen LogP contribution is 2.35. The Kier molecular flexibility index (Phi) is 5.39. The topological polar surface area (TPSA) is 79.3 Å². The van der Waals surface area contributed by atoms with Crippen molar-refractivity contribution in [1.82, 2.24) is 19.9 Å². The van der Waals surface area contributed by atoms with Crippen LogP contribution < -0.4 is 4.90 Å². The van der Waals surface area contributed by atoms with E-state index in [4.69, 9.17) is 9.97 Å². The van der Waals surface area contributed by atoms with Crippen LogP contribution in [0.2, 0.25) is 0 Å². The first-order chi connectivity index (χ1) is 15.6. The number of rotatable bonds is 4. The van der Waals surface area contributed by atoms with Crippen LogP contribution in [0.5, 0.6) is 0 Å². The fourth-order valence-corrected chi connectivity index (χ4v) is 4.61. The van der Waals surface area contributed by atoms with Crippen LogP contribution in [0.4, 0.5) is 5.82 Å². The quantitative estimate of drug-likeness (QED) is 0.635. The molecule has 2 aliphatic rings. The Morgan fingerprint density at radius 1 is 1.09 bits per heavy atom. The van der Waals surface area contributed by atoms with Crippen molar-refractivity contribution >= 4 is 17.6 Å². The highest BCUT2D eigenvalue weighted by molar-refractivity contribution is 5.95. The average Bonchev–Trinajstić information content (AvgIpc) is 3.31. The number of hydrogen-bond acceptors (Lipinski definition) is 5. The van der Waals surface area contributed by atoms with Gasteiger partial charge in [0.1, 0.15) is 5.82 Å². The molecule has 0 saturated carbocycles. The summed E-state index contributed by atoms with van der Waals surface area (Å²) in [4.78, 5) is 43.4. The Hall–Kier alpha value is -3.61. The SMILES string of the molecule is Cc1nc([C@H]2CCCN2C(=O)c2cccnc2)nc2c1CCC(=O)N2Cc1ccccc1. The van der Waals surface area contributed by atoms with E-state index in [1.807, 2.05) is 42.2 Å². The molecule has 0 N–H and O–H groups in total. The van der Waals surface area contributed by atoms with Crippen LogP contribution in [0.3, 0.4) is 0 Å². The van der Waals surface area contributed by atoms with Crippen molar-refractivity contribution in [3.05, 3.63) is 83.1 Å². The van der Waals surface area contributed by atoms with Crippen LogP contribution in [0.15, 0.2) is 54.9 Å². The summed E-state index contributed by atoms with van der Waals surface area (Å²) in [5.74, 6) is 1.31. The molecule has 0 unspecified atom stereocenters. The molecule has 2 aliphatic heterocycles. The third-order valence-electron chi connectivity index (χ3n) is 6.26. The minimum Gasteiger partial charge on any atom is -0.328 e. The smallest absolute Gasteiger partial charge is 0.256 e. The van der Waals surface area contributed by atoms with Gasteiger partial charge in [-0.05, 0) is 43.9 Å². The monoisotopic (exact) mass is 427 g/mol. The summed E-state index contributed by atoms with van der Waals surface area (Å²) >= 11 is 0. The van der Waals surface area contributed by atoms with Crippen molar-refractivity contribution in [2.45, 2.75) is 45.2 Å². The summed E-state index contributed by atoms with van der Waals surface area (Å²) in [6, 6.07) is 13.3. The highest BCUT2D eigenvalue weighted by atomic mass is 16.2. The first kappa shape index (κ1) is 20.3. The minimum absolute atomic E-state index is 0.0585. The van der Waals surface area contributed by atoms with Crippen LogP contribution in [0.25, 0.3) is 0 Å². The second-order valence-corrected chi connectivity index (χ2v) is 8.33. The van der Waals surface area contributed by atoms with E-state index in [0.29, 0.717) is 43.1 Å². The standard InChI is InChI=1S/C25H25N5O2/c1-17-20-11-12-22(31)30(16-18-7-3-2-4-8-18)24(20)28-23(27-17)21-10-6-14-29(21)25(32)19-9-5-13-26-15-19/h2-5,7-9,13,15,21H,6,10-12,14,16H2,1H3/t21-/m1/s1. The van der Waals surface area contributed by atoms with Gasteiger partial charge in [-0.25, -0.2) is 9.97 Å². The van der Waals surface area contributed by atoms with Crippen LogP contribution in [0, 0.1) is 6.92 Å².